The molecule has 2 rings (SSSR count). The molecule has 132 valence electrons. The van der Waals surface area contributed by atoms with E-state index in [0.29, 0.717) is 22.4 Å². The second-order valence-corrected chi connectivity index (χ2v) is 6.70. The number of carbonyl (C=O) groups excluding carboxylic acids is 2. The first-order valence-corrected chi connectivity index (χ1v) is 8.38. The van der Waals surface area contributed by atoms with Gasteiger partial charge in [0.25, 0.3) is 0 Å². The average molecular weight is 354 g/mol. The van der Waals surface area contributed by atoms with Gasteiger partial charge in [0.15, 0.2) is 0 Å². The molecule has 0 saturated heterocycles. The van der Waals surface area contributed by atoms with Crippen LogP contribution in [0.1, 0.15) is 19.8 Å². The van der Waals surface area contributed by atoms with E-state index in [1.807, 2.05) is 6.92 Å². The Morgan fingerprint density at radius 2 is 2.00 bits per heavy atom. The molecule has 0 heterocycles. The maximum atomic E-state index is 12.1. The molecule has 1 fully saturated rings. The molecule has 1 aliphatic carbocycles. The molecule has 6 nitrogen and oxygen atoms in total. The summed E-state index contributed by atoms with van der Waals surface area (Å²) in [4.78, 5) is 25.8. The topological polar surface area (TPSA) is 70.7 Å². The highest BCUT2D eigenvalue weighted by Gasteiger charge is 2.29. The van der Waals surface area contributed by atoms with Crippen molar-refractivity contribution in [3.05, 3.63) is 23.2 Å². The third-order valence-electron chi connectivity index (χ3n) is 3.98. The lowest BCUT2D eigenvalue weighted by molar-refractivity contribution is -0.123. The number of carbonyl (C=O) groups is 2. The maximum absolute atomic E-state index is 12.1. The average Bonchev–Trinajstić information content (AvgIpc) is 3.31. The smallest absolute Gasteiger partial charge is 0.238 e. The van der Waals surface area contributed by atoms with Crippen LogP contribution in [0, 0.1) is 5.92 Å². The minimum Gasteiger partial charge on any atom is -0.495 e. The Morgan fingerprint density at radius 3 is 2.62 bits per heavy atom. The summed E-state index contributed by atoms with van der Waals surface area (Å²) >= 11 is 5.94. The summed E-state index contributed by atoms with van der Waals surface area (Å²) in [6, 6.07) is 5.21. The molecule has 1 aromatic carbocycles. The molecule has 1 saturated carbocycles. The fourth-order valence-corrected chi connectivity index (χ4v) is 2.70. The number of nitrogens with zero attached hydrogens (tertiary/aromatic N) is 1. The van der Waals surface area contributed by atoms with Crippen molar-refractivity contribution in [3.63, 3.8) is 0 Å². The SMILES string of the molecule is COc1ccc(Cl)cc1NC(=O)CN(C)CC(=O)N[C@@H](C)C1CC1. The van der Waals surface area contributed by atoms with E-state index < -0.39 is 0 Å². The standard InChI is InChI=1S/C17H24ClN3O3/c1-11(12-4-5-12)19-16(22)9-21(2)10-17(23)20-14-8-13(18)6-7-15(14)24-3/h6-8,11-12H,4-5,9-10H2,1-3H3,(H,19,22)(H,20,23)/t11-/m0/s1. The summed E-state index contributed by atoms with van der Waals surface area (Å²) in [5, 5.41) is 6.23. The molecule has 0 aliphatic heterocycles. The van der Waals surface area contributed by atoms with E-state index in [2.05, 4.69) is 10.6 Å². The summed E-state index contributed by atoms with van der Waals surface area (Å²) in [6.45, 7) is 2.30. The number of likely N-dealkylation sites (N-methyl/N-ethyl adjacent to an activating group) is 1. The summed E-state index contributed by atoms with van der Waals surface area (Å²) in [6.07, 6.45) is 2.36. The first-order chi connectivity index (χ1) is 11.4. The number of benzene rings is 1. The number of halogens is 1. The number of hydrogen-bond donors (Lipinski definition) is 2. The first-order valence-electron chi connectivity index (χ1n) is 8.00. The van der Waals surface area contributed by atoms with Gasteiger partial charge in [0.2, 0.25) is 11.8 Å². The highest BCUT2D eigenvalue weighted by atomic mass is 35.5. The van der Waals surface area contributed by atoms with Crippen molar-refractivity contribution in [3.8, 4) is 5.75 Å². The summed E-state index contributed by atoms with van der Waals surface area (Å²) < 4.78 is 5.19. The Kier molecular flexibility index (Phi) is 6.45. The Morgan fingerprint density at radius 1 is 1.33 bits per heavy atom. The van der Waals surface area contributed by atoms with Crippen molar-refractivity contribution in [2.45, 2.75) is 25.8 Å². The number of anilines is 1. The van der Waals surface area contributed by atoms with E-state index >= 15 is 0 Å². The van der Waals surface area contributed by atoms with Crippen LogP contribution in [0.5, 0.6) is 5.75 Å². The molecule has 24 heavy (non-hydrogen) atoms. The maximum Gasteiger partial charge on any atom is 0.238 e. The predicted octanol–water partition coefficient (Wildman–Crippen LogP) is 2.13. The van der Waals surface area contributed by atoms with Gasteiger partial charge < -0.3 is 15.4 Å². The largest absolute Gasteiger partial charge is 0.495 e. The van der Waals surface area contributed by atoms with Crippen LogP contribution in [-0.4, -0.2) is 50.0 Å². The summed E-state index contributed by atoms with van der Waals surface area (Å²) in [5.74, 6) is 0.843. The molecular formula is C17H24ClN3O3. The second kappa shape index (κ2) is 8.35. The van der Waals surface area contributed by atoms with Crippen LogP contribution < -0.4 is 15.4 Å². The van der Waals surface area contributed by atoms with Crippen LogP contribution in [0.4, 0.5) is 5.69 Å². The quantitative estimate of drug-likeness (QED) is 0.751. The molecule has 0 bridgehead atoms. The Labute approximate surface area is 147 Å². The van der Waals surface area contributed by atoms with Gasteiger partial charge in [-0.05, 0) is 50.9 Å². The number of ether oxygens (including phenoxy) is 1. The number of nitrogens with one attached hydrogen (secondary N) is 2. The molecule has 0 aromatic heterocycles. The molecule has 1 aromatic rings. The van der Waals surface area contributed by atoms with Gasteiger partial charge in [0.05, 0.1) is 25.9 Å². The van der Waals surface area contributed by atoms with Crippen molar-refractivity contribution in [1.29, 1.82) is 0 Å². The van der Waals surface area contributed by atoms with Crippen LogP contribution in [-0.2, 0) is 9.59 Å². The molecule has 1 atom stereocenters. The lowest BCUT2D eigenvalue weighted by atomic mass is 10.2. The number of methoxy groups -OCH3 is 1. The molecule has 2 amide bonds. The van der Waals surface area contributed by atoms with Crippen LogP contribution in [0.3, 0.4) is 0 Å². The second-order valence-electron chi connectivity index (χ2n) is 6.26. The van der Waals surface area contributed by atoms with Gasteiger partial charge in [-0.2, -0.15) is 0 Å². The minimum atomic E-state index is -0.235. The zero-order chi connectivity index (χ0) is 17.7. The highest BCUT2D eigenvalue weighted by Crippen LogP contribution is 2.32. The fourth-order valence-electron chi connectivity index (χ4n) is 2.53. The number of hydrogen-bond acceptors (Lipinski definition) is 4. The van der Waals surface area contributed by atoms with Gasteiger partial charge in [0.1, 0.15) is 5.75 Å². The molecule has 1 aliphatic rings. The van der Waals surface area contributed by atoms with Gasteiger partial charge in [-0.1, -0.05) is 11.6 Å². The van der Waals surface area contributed by atoms with E-state index in [9.17, 15) is 9.59 Å². The monoisotopic (exact) mass is 353 g/mol. The van der Waals surface area contributed by atoms with E-state index in [-0.39, 0.29) is 30.9 Å². The van der Waals surface area contributed by atoms with Crippen molar-refractivity contribution in [1.82, 2.24) is 10.2 Å². The molecule has 0 radical (unpaired) electrons. The van der Waals surface area contributed by atoms with Gasteiger partial charge in [-0.3, -0.25) is 14.5 Å². The normalized spacial score (nSPS) is 15.0. The Hall–Kier alpha value is -1.79. The van der Waals surface area contributed by atoms with Crippen molar-refractivity contribution >= 4 is 29.1 Å². The third kappa shape index (κ3) is 5.69. The van der Waals surface area contributed by atoms with Crippen LogP contribution in [0.25, 0.3) is 0 Å². The number of rotatable bonds is 8. The molecule has 0 spiro atoms. The van der Waals surface area contributed by atoms with Crippen LogP contribution in [0.2, 0.25) is 5.02 Å². The van der Waals surface area contributed by atoms with Crippen molar-refractivity contribution in [2.24, 2.45) is 5.92 Å². The summed E-state index contributed by atoms with van der Waals surface area (Å²) in [5.41, 5.74) is 0.509. The number of amides is 2. The van der Waals surface area contributed by atoms with Crippen LogP contribution >= 0.6 is 11.6 Å². The molecule has 7 heteroatoms. The van der Waals surface area contributed by atoms with Gasteiger partial charge in [0, 0.05) is 11.1 Å². The Balaban J connectivity index is 1.80. The third-order valence-corrected chi connectivity index (χ3v) is 4.22. The van der Waals surface area contributed by atoms with Gasteiger partial charge in [-0.15, -0.1) is 0 Å². The zero-order valence-corrected chi connectivity index (χ0v) is 15.0. The van der Waals surface area contributed by atoms with Crippen molar-refractivity contribution < 1.29 is 14.3 Å². The van der Waals surface area contributed by atoms with Gasteiger partial charge >= 0.3 is 0 Å². The van der Waals surface area contributed by atoms with Crippen LogP contribution in [0.15, 0.2) is 18.2 Å². The van der Waals surface area contributed by atoms with E-state index in [4.69, 9.17) is 16.3 Å². The predicted molar refractivity (Wildman–Crippen MR) is 94.5 cm³/mol. The lowest BCUT2D eigenvalue weighted by Crippen LogP contribution is -2.42. The molecule has 0 unspecified atom stereocenters. The zero-order valence-electron chi connectivity index (χ0n) is 14.3. The van der Waals surface area contributed by atoms with E-state index in [0.717, 1.165) is 0 Å². The fraction of sp³-hybridized carbons (Fsp3) is 0.529. The summed E-state index contributed by atoms with van der Waals surface area (Å²) in [7, 11) is 3.26. The first kappa shape index (κ1) is 18.5. The molecular weight excluding hydrogens is 330 g/mol. The highest BCUT2D eigenvalue weighted by molar-refractivity contribution is 6.31. The van der Waals surface area contributed by atoms with Crippen molar-refractivity contribution in [2.75, 3.05) is 32.6 Å². The van der Waals surface area contributed by atoms with E-state index in [1.165, 1.54) is 20.0 Å². The lowest BCUT2D eigenvalue weighted by Gasteiger charge is -2.19. The molecule has 2 N–H and O–H groups in total. The minimum absolute atomic E-state index is 0.0648. The van der Waals surface area contributed by atoms with E-state index in [1.54, 1.807) is 30.1 Å². The van der Waals surface area contributed by atoms with Gasteiger partial charge in [-0.25, -0.2) is 0 Å². The Bertz CT molecular complexity index is 605.